The van der Waals surface area contributed by atoms with Crippen LogP contribution in [0.5, 0.6) is 0 Å². The van der Waals surface area contributed by atoms with Crippen LogP contribution < -0.4 is 0 Å². The third kappa shape index (κ3) is 7.57. The number of nitrogens with zero attached hydrogens (tertiary/aromatic N) is 2. The summed E-state index contributed by atoms with van der Waals surface area (Å²) >= 11 is 0. The van der Waals surface area contributed by atoms with Crippen molar-refractivity contribution in [3.63, 3.8) is 0 Å². The summed E-state index contributed by atoms with van der Waals surface area (Å²) < 4.78 is 54.2. The number of ether oxygens (including phenoxy) is 1. The monoisotopic (exact) mass is 564 g/mol. The van der Waals surface area contributed by atoms with Gasteiger partial charge in [0.1, 0.15) is 5.78 Å². The van der Waals surface area contributed by atoms with Crippen molar-refractivity contribution in [2.45, 2.75) is 74.6 Å². The molecule has 11 heteroatoms. The minimum absolute atomic E-state index is 0.00523. The second-order valence-electron chi connectivity index (χ2n) is 9.90. The molecule has 1 saturated heterocycles. The maximum absolute atomic E-state index is 13.6. The molecule has 1 atom stereocenters. The molecule has 0 bridgehead atoms. The topological polar surface area (TPSA) is 122 Å². The Labute approximate surface area is 225 Å². The zero-order chi connectivity index (χ0) is 27.2. The van der Waals surface area contributed by atoms with Gasteiger partial charge in [-0.1, -0.05) is 12.1 Å². The molecule has 1 aromatic carbocycles. The average Bonchev–Trinajstić information content (AvgIpc) is 3.76. The van der Waals surface area contributed by atoms with E-state index >= 15 is 0 Å². The molecule has 1 aliphatic carbocycles. The largest absolute Gasteiger partial charge is 0.381 e. The van der Waals surface area contributed by atoms with Gasteiger partial charge in [0.05, 0.1) is 47.3 Å². The zero-order valence-electron chi connectivity index (χ0n) is 22.1. The number of carbonyl (C=O) groups is 1. The van der Waals surface area contributed by atoms with Crippen molar-refractivity contribution in [1.29, 1.82) is 0 Å². The Kier molecular flexibility index (Phi) is 9.87. The number of aromatic nitrogens is 2. The van der Waals surface area contributed by atoms with Crippen LogP contribution in [0, 0.1) is 5.92 Å². The fourth-order valence-corrected chi connectivity index (χ4v) is 8.07. The second kappa shape index (κ2) is 12.9. The zero-order valence-corrected chi connectivity index (χ0v) is 23.8. The number of carbonyl (C=O) groups excluding carboxylic acids is 1. The first-order chi connectivity index (χ1) is 18.2. The van der Waals surface area contributed by atoms with Gasteiger partial charge in [-0.25, -0.2) is 8.42 Å². The summed E-state index contributed by atoms with van der Waals surface area (Å²) in [6.07, 6.45) is 7.04. The molecule has 2 aromatic rings. The second-order valence-corrected chi connectivity index (χ2v) is 14.2. The summed E-state index contributed by atoms with van der Waals surface area (Å²) in [6, 6.07) is 6.84. The van der Waals surface area contributed by atoms with Crippen LogP contribution >= 0.6 is 7.60 Å². The molecule has 1 aromatic heterocycles. The summed E-state index contributed by atoms with van der Waals surface area (Å²) in [5.74, 6) is -0.0219. The van der Waals surface area contributed by atoms with Gasteiger partial charge in [0, 0.05) is 31.5 Å². The standard InChI is InChI=1S/C27H37N2O7PS/c1-3-35-37(31,36-4-2)19-23-18-28-22(17-29-23)16-27(30)26(15-20-11-13-34-14-12-20)21-5-7-24(8-6-21)38(32,33)25-9-10-25/h5-8,17-18,20,25-26H,3-4,9-16,19H2,1-2H3/t26-/m1/s1. The van der Waals surface area contributed by atoms with Gasteiger partial charge in [-0.2, -0.15) is 0 Å². The van der Waals surface area contributed by atoms with E-state index in [1.807, 2.05) is 0 Å². The molecule has 1 aliphatic heterocycles. The van der Waals surface area contributed by atoms with E-state index in [1.54, 1.807) is 38.1 Å². The van der Waals surface area contributed by atoms with Crippen LogP contribution in [-0.4, -0.2) is 55.8 Å². The van der Waals surface area contributed by atoms with Crippen LogP contribution in [0.4, 0.5) is 0 Å². The summed E-state index contributed by atoms with van der Waals surface area (Å²) in [7, 11) is -6.59. The SMILES string of the molecule is CCOP(=O)(Cc1cnc(CC(=O)[C@H](CC2CCOCC2)c2ccc(S(=O)(=O)C3CC3)cc2)cn1)OCC. The highest BCUT2D eigenvalue weighted by Crippen LogP contribution is 2.50. The molecule has 38 heavy (non-hydrogen) atoms. The first kappa shape index (κ1) is 29.0. The third-order valence-electron chi connectivity index (χ3n) is 6.99. The maximum Gasteiger partial charge on any atom is 0.336 e. The van der Waals surface area contributed by atoms with E-state index in [0.717, 1.165) is 18.4 Å². The van der Waals surface area contributed by atoms with Crippen LogP contribution in [0.3, 0.4) is 0 Å². The Morgan fingerprint density at radius 1 is 1.00 bits per heavy atom. The summed E-state index contributed by atoms with van der Waals surface area (Å²) in [5, 5.41) is -0.273. The van der Waals surface area contributed by atoms with E-state index in [1.165, 1.54) is 12.4 Å². The van der Waals surface area contributed by atoms with Crippen molar-refractivity contribution in [3.8, 4) is 0 Å². The van der Waals surface area contributed by atoms with Crippen LogP contribution in [0.1, 0.15) is 68.8 Å². The van der Waals surface area contributed by atoms with Crippen molar-refractivity contribution in [2.24, 2.45) is 5.92 Å². The molecular formula is C27H37N2O7PS. The molecule has 9 nitrogen and oxygen atoms in total. The lowest BCUT2D eigenvalue weighted by atomic mass is 9.81. The highest BCUT2D eigenvalue weighted by atomic mass is 32.2. The normalized spacial score (nSPS) is 17.8. The summed E-state index contributed by atoms with van der Waals surface area (Å²) in [4.78, 5) is 22.7. The van der Waals surface area contributed by atoms with Gasteiger partial charge in [0.15, 0.2) is 9.84 Å². The van der Waals surface area contributed by atoms with E-state index < -0.39 is 17.4 Å². The minimum Gasteiger partial charge on any atom is -0.381 e. The fourth-order valence-electron chi connectivity index (χ4n) is 4.81. The lowest BCUT2D eigenvalue weighted by Gasteiger charge is -2.26. The molecule has 4 rings (SSSR count). The number of hydrogen-bond donors (Lipinski definition) is 0. The summed E-state index contributed by atoms with van der Waals surface area (Å²) in [6.45, 7) is 5.40. The predicted molar refractivity (Wildman–Crippen MR) is 143 cm³/mol. The molecule has 0 spiro atoms. The number of benzene rings is 1. The molecule has 2 heterocycles. The molecule has 2 fully saturated rings. The summed E-state index contributed by atoms with van der Waals surface area (Å²) in [5.41, 5.74) is 1.80. The van der Waals surface area contributed by atoms with E-state index in [0.29, 0.717) is 54.7 Å². The number of sulfone groups is 1. The smallest absolute Gasteiger partial charge is 0.336 e. The Morgan fingerprint density at radius 2 is 1.61 bits per heavy atom. The lowest BCUT2D eigenvalue weighted by Crippen LogP contribution is -2.23. The fraction of sp³-hybridized carbons (Fsp3) is 0.593. The van der Waals surface area contributed by atoms with E-state index in [9.17, 15) is 17.8 Å². The highest BCUT2D eigenvalue weighted by molar-refractivity contribution is 7.92. The molecule has 1 saturated carbocycles. The average molecular weight is 565 g/mol. The van der Waals surface area contributed by atoms with Crippen LogP contribution in [-0.2, 0) is 45.6 Å². The van der Waals surface area contributed by atoms with Crippen molar-refractivity contribution >= 4 is 23.2 Å². The van der Waals surface area contributed by atoms with Gasteiger partial charge >= 0.3 is 7.60 Å². The van der Waals surface area contributed by atoms with Gasteiger partial charge in [-0.3, -0.25) is 19.3 Å². The molecule has 2 aliphatic rings. The lowest BCUT2D eigenvalue weighted by molar-refractivity contribution is -0.120. The Bertz CT molecular complexity index is 1220. The Hall–Kier alpha value is -1.97. The van der Waals surface area contributed by atoms with Gasteiger partial charge < -0.3 is 13.8 Å². The van der Waals surface area contributed by atoms with Gasteiger partial charge in [-0.05, 0) is 69.6 Å². The van der Waals surface area contributed by atoms with Crippen molar-refractivity contribution in [3.05, 3.63) is 53.6 Å². The van der Waals surface area contributed by atoms with Crippen molar-refractivity contribution in [1.82, 2.24) is 9.97 Å². The predicted octanol–water partition coefficient (Wildman–Crippen LogP) is 4.89. The molecule has 0 unspecified atom stereocenters. The number of rotatable bonds is 14. The minimum atomic E-state index is -3.30. The number of Topliss-reactive ketones (excluding diaryl/α,β-unsaturated/α-hetero) is 1. The van der Waals surface area contributed by atoms with Crippen LogP contribution in [0.25, 0.3) is 0 Å². The molecular weight excluding hydrogens is 527 g/mol. The molecule has 0 amide bonds. The first-order valence-electron chi connectivity index (χ1n) is 13.4. The molecule has 208 valence electrons. The van der Waals surface area contributed by atoms with E-state index in [4.69, 9.17) is 13.8 Å². The Balaban J connectivity index is 1.48. The Morgan fingerprint density at radius 3 is 2.16 bits per heavy atom. The first-order valence-corrected chi connectivity index (χ1v) is 16.6. The van der Waals surface area contributed by atoms with E-state index in [2.05, 4.69) is 9.97 Å². The molecule has 0 radical (unpaired) electrons. The van der Waals surface area contributed by atoms with Gasteiger partial charge in [-0.15, -0.1) is 0 Å². The number of hydrogen-bond acceptors (Lipinski definition) is 9. The van der Waals surface area contributed by atoms with Gasteiger partial charge in [0.2, 0.25) is 0 Å². The van der Waals surface area contributed by atoms with Crippen LogP contribution in [0.2, 0.25) is 0 Å². The van der Waals surface area contributed by atoms with Crippen molar-refractivity contribution in [2.75, 3.05) is 26.4 Å². The quantitative estimate of drug-likeness (QED) is 0.295. The van der Waals surface area contributed by atoms with E-state index in [-0.39, 0.29) is 42.7 Å². The van der Waals surface area contributed by atoms with Crippen molar-refractivity contribution < 1.29 is 31.6 Å². The number of ketones is 1. The highest BCUT2D eigenvalue weighted by Gasteiger charge is 2.37. The van der Waals surface area contributed by atoms with Crippen LogP contribution in [0.15, 0.2) is 41.6 Å². The maximum atomic E-state index is 13.6. The third-order valence-corrected chi connectivity index (χ3v) is 11.3. The van der Waals surface area contributed by atoms with Gasteiger partial charge in [0.25, 0.3) is 0 Å². The molecule has 0 N–H and O–H groups in total.